The minimum Gasteiger partial charge on any atom is -0.335 e. The van der Waals surface area contributed by atoms with E-state index in [2.05, 4.69) is 16.3 Å². The molecule has 0 radical (unpaired) electrons. The molecule has 0 aliphatic rings. The molecule has 0 atom stereocenters. The van der Waals surface area contributed by atoms with E-state index in [0.717, 1.165) is 18.8 Å². The van der Waals surface area contributed by atoms with Gasteiger partial charge in [-0.25, -0.2) is 18.1 Å². The van der Waals surface area contributed by atoms with Crippen LogP contribution in [-0.4, -0.2) is 30.3 Å². The second-order valence-electron chi connectivity index (χ2n) is 3.49. The molecule has 1 rings (SSSR count). The van der Waals surface area contributed by atoms with Crippen LogP contribution in [0.2, 0.25) is 0 Å². The maximum atomic E-state index is 11.3. The van der Waals surface area contributed by atoms with Crippen molar-refractivity contribution < 1.29 is 8.42 Å². The maximum absolute atomic E-state index is 11.3. The van der Waals surface area contributed by atoms with Crippen LogP contribution >= 0.6 is 0 Å². The lowest BCUT2D eigenvalue weighted by Gasteiger charge is -2.06. The van der Waals surface area contributed by atoms with Crippen LogP contribution in [0.3, 0.4) is 0 Å². The summed E-state index contributed by atoms with van der Waals surface area (Å²) in [5.74, 6) is 0.908. The lowest BCUT2D eigenvalue weighted by Crippen LogP contribution is -2.27. The summed E-state index contributed by atoms with van der Waals surface area (Å²) >= 11 is 0. The van der Waals surface area contributed by atoms with Crippen molar-refractivity contribution in [1.82, 2.24) is 14.3 Å². The molecule has 5 nitrogen and oxygen atoms in total. The maximum Gasteiger partial charge on any atom is 0.215 e. The highest BCUT2D eigenvalue weighted by Crippen LogP contribution is 1.97. The molecule has 1 aromatic rings. The van der Waals surface area contributed by atoms with E-state index in [0.29, 0.717) is 6.54 Å². The van der Waals surface area contributed by atoms with E-state index >= 15 is 0 Å². The fourth-order valence-corrected chi connectivity index (χ4v) is 2.21. The third kappa shape index (κ3) is 4.16. The van der Waals surface area contributed by atoms with Crippen LogP contribution in [0.15, 0.2) is 25.0 Å². The molecule has 0 fully saturated rings. The number of sulfonamides is 1. The molecule has 1 heterocycles. The van der Waals surface area contributed by atoms with Crippen LogP contribution in [0.25, 0.3) is 0 Å². The molecule has 0 saturated carbocycles. The SMILES string of the molecule is C=CCS(=O)(=O)NCCCn1ccnc1C. The predicted octanol–water partition coefficient (Wildman–Crippen LogP) is 0.687. The third-order valence-corrected chi connectivity index (χ3v) is 3.48. The zero-order valence-corrected chi connectivity index (χ0v) is 10.2. The van der Waals surface area contributed by atoms with Gasteiger partial charge in [-0.05, 0) is 13.3 Å². The molecule has 90 valence electrons. The first-order chi connectivity index (χ1) is 7.55. The van der Waals surface area contributed by atoms with Gasteiger partial charge in [0.25, 0.3) is 0 Å². The number of aromatic nitrogens is 2. The van der Waals surface area contributed by atoms with Gasteiger partial charge in [0.1, 0.15) is 5.82 Å². The van der Waals surface area contributed by atoms with Crippen molar-refractivity contribution in [2.45, 2.75) is 19.9 Å². The molecule has 0 aromatic carbocycles. The van der Waals surface area contributed by atoms with Crippen molar-refractivity contribution in [3.63, 3.8) is 0 Å². The number of nitrogens with zero attached hydrogens (tertiary/aromatic N) is 2. The number of aryl methyl sites for hydroxylation is 2. The summed E-state index contributed by atoms with van der Waals surface area (Å²) in [6, 6.07) is 0. The van der Waals surface area contributed by atoms with Gasteiger partial charge >= 0.3 is 0 Å². The molecule has 0 spiro atoms. The van der Waals surface area contributed by atoms with E-state index in [9.17, 15) is 8.42 Å². The molecule has 0 bridgehead atoms. The first-order valence-corrected chi connectivity index (χ1v) is 6.76. The predicted molar refractivity (Wildman–Crippen MR) is 63.6 cm³/mol. The summed E-state index contributed by atoms with van der Waals surface area (Å²) in [5.41, 5.74) is 0. The van der Waals surface area contributed by atoms with Crippen molar-refractivity contribution in [3.05, 3.63) is 30.9 Å². The zero-order chi connectivity index (χ0) is 12.0. The van der Waals surface area contributed by atoms with Gasteiger partial charge in [-0.3, -0.25) is 0 Å². The Kier molecular flexibility index (Phi) is 4.70. The Balaban J connectivity index is 2.27. The van der Waals surface area contributed by atoms with Crippen molar-refractivity contribution in [1.29, 1.82) is 0 Å². The van der Waals surface area contributed by atoms with Gasteiger partial charge in [0.2, 0.25) is 10.0 Å². The quantitative estimate of drug-likeness (QED) is 0.566. The van der Waals surface area contributed by atoms with Gasteiger partial charge in [-0.2, -0.15) is 0 Å². The van der Waals surface area contributed by atoms with Crippen LogP contribution in [0.1, 0.15) is 12.2 Å². The van der Waals surface area contributed by atoms with Crippen LogP contribution < -0.4 is 4.72 Å². The van der Waals surface area contributed by atoms with Crippen LogP contribution in [0, 0.1) is 6.92 Å². The van der Waals surface area contributed by atoms with E-state index in [4.69, 9.17) is 0 Å². The van der Waals surface area contributed by atoms with E-state index in [1.54, 1.807) is 6.20 Å². The Morgan fingerprint density at radius 1 is 1.62 bits per heavy atom. The van der Waals surface area contributed by atoms with E-state index in [-0.39, 0.29) is 5.75 Å². The monoisotopic (exact) mass is 243 g/mol. The highest BCUT2D eigenvalue weighted by Gasteiger charge is 2.05. The van der Waals surface area contributed by atoms with Crippen molar-refractivity contribution in [2.24, 2.45) is 0 Å². The van der Waals surface area contributed by atoms with Gasteiger partial charge in [0.05, 0.1) is 5.75 Å². The number of nitrogens with one attached hydrogen (secondary N) is 1. The van der Waals surface area contributed by atoms with Crippen LogP contribution in [0.5, 0.6) is 0 Å². The lowest BCUT2D eigenvalue weighted by atomic mass is 10.4. The van der Waals surface area contributed by atoms with Gasteiger partial charge in [-0.15, -0.1) is 6.58 Å². The van der Waals surface area contributed by atoms with E-state index < -0.39 is 10.0 Å². The smallest absolute Gasteiger partial charge is 0.215 e. The summed E-state index contributed by atoms with van der Waals surface area (Å²) in [4.78, 5) is 4.08. The Hall–Kier alpha value is -1.14. The number of rotatable bonds is 7. The summed E-state index contributed by atoms with van der Waals surface area (Å²) in [6.45, 7) is 6.52. The molecule has 0 aliphatic heterocycles. The summed E-state index contributed by atoms with van der Waals surface area (Å²) in [5, 5.41) is 0. The average molecular weight is 243 g/mol. The van der Waals surface area contributed by atoms with Gasteiger partial charge < -0.3 is 4.57 Å². The second-order valence-corrected chi connectivity index (χ2v) is 5.34. The van der Waals surface area contributed by atoms with Crippen LogP contribution in [-0.2, 0) is 16.6 Å². The fourth-order valence-electron chi connectivity index (χ4n) is 1.33. The molecule has 0 amide bonds. The largest absolute Gasteiger partial charge is 0.335 e. The zero-order valence-electron chi connectivity index (χ0n) is 9.39. The average Bonchev–Trinajstić information content (AvgIpc) is 2.59. The third-order valence-electron chi connectivity index (χ3n) is 2.16. The minimum atomic E-state index is -3.18. The molecular weight excluding hydrogens is 226 g/mol. The van der Waals surface area contributed by atoms with Crippen molar-refractivity contribution in [2.75, 3.05) is 12.3 Å². The molecule has 1 N–H and O–H groups in total. The van der Waals surface area contributed by atoms with E-state index in [1.165, 1.54) is 6.08 Å². The minimum absolute atomic E-state index is 0.0307. The standard InChI is InChI=1S/C10H17N3O2S/c1-3-9-16(14,15)12-5-4-7-13-8-6-11-10(13)2/h3,6,8,12H,1,4-5,7,9H2,2H3. The normalized spacial score (nSPS) is 11.6. The summed E-state index contributed by atoms with van der Waals surface area (Å²) < 4.78 is 27.0. The molecule has 0 unspecified atom stereocenters. The Bertz CT molecular complexity index is 437. The number of hydrogen-bond acceptors (Lipinski definition) is 3. The Morgan fingerprint density at radius 3 is 2.94 bits per heavy atom. The molecule has 6 heteroatoms. The van der Waals surface area contributed by atoms with Gasteiger partial charge in [-0.1, -0.05) is 6.08 Å². The molecule has 16 heavy (non-hydrogen) atoms. The van der Waals surface area contributed by atoms with Gasteiger partial charge in [0, 0.05) is 25.5 Å². The van der Waals surface area contributed by atoms with Crippen molar-refractivity contribution >= 4 is 10.0 Å². The van der Waals surface area contributed by atoms with Gasteiger partial charge in [0.15, 0.2) is 0 Å². The number of imidazole rings is 1. The summed E-state index contributed by atoms with van der Waals surface area (Å²) in [7, 11) is -3.18. The lowest BCUT2D eigenvalue weighted by molar-refractivity contribution is 0.570. The highest BCUT2D eigenvalue weighted by atomic mass is 32.2. The first kappa shape index (κ1) is 12.9. The molecule has 0 aliphatic carbocycles. The molecular formula is C10H17N3O2S. The number of hydrogen-bond donors (Lipinski definition) is 1. The highest BCUT2D eigenvalue weighted by molar-refractivity contribution is 7.89. The fraction of sp³-hybridized carbons (Fsp3) is 0.500. The van der Waals surface area contributed by atoms with Crippen LogP contribution in [0.4, 0.5) is 0 Å². The molecule has 1 aromatic heterocycles. The molecule has 0 saturated heterocycles. The Morgan fingerprint density at radius 2 is 2.38 bits per heavy atom. The first-order valence-electron chi connectivity index (χ1n) is 5.11. The van der Waals surface area contributed by atoms with E-state index in [1.807, 2.05) is 17.7 Å². The summed E-state index contributed by atoms with van der Waals surface area (Å²) in [6.07, 6.45) is 5.74. The Labute approximate surface area is 96.2 Å². The topological polar surface area (TPSA) is 64.0 Å². The second kappa shape index (κ2) is 5.81. The van der Waals surface area contributed by atoms with Crippen molar-refractivity contribution in [3.8, 4) is 0 Å².